The topological polar surface area (TPSA) is 97.4 Å². The molecular weight excluding hydrogens is 458 g/mol. The van der Waals surface area contributed by atoms with Crippen molar-refractivity contribution in [1.82, 2.24) is 4.98 Å². The molecule has 2 N–H and O–H groups in total. The highest BCUT2D eigenvalue weighted by Crippen LogP contribution is 2.31. The van der Waals surface area contributed by atoms with Gasteiger partial charge in [0.15, 0.2) is 10.9 Å². The van der Waals surface area contributed by atoms with Crippen LogP contribution in [-0.4, -0.2) is 29.4 Å². The van der Waals surface area contributed by atoms with E-state index in [0.29, 0.717) is 28.6 Å². The van der Waals surface area contributed by atoms with E-state index in [9.17, 15) is 14.4 Å². The number of hydrogen-bond acceptors (Lipinski definition) is 6. The minimum absolute atomic E-state index is 0.000465. The molecule has 1 fully saturated rings. The third-order valence-corrected chi connectivity index (χ3v) is 6.07. The molecule has 1 aliphatic rings. The van der Waals surface area contributed by atoms with Gasteiger partial charge in [0.1, 0.15) is 0 Å². The zero-order valence-corrected chi connectivity index (χ0v) is 18.4. The number of aromatic nitrogens is 1. The minimum Gasteiger partial charge on any atom is -0.466 e. The molecule has 1 aromatic heterocycles. The summed E-state index contributed by atoms with van der Waals surface area (Å²) < 4.78 is 5.80. The number of benzene rings is 1. The molecule has 0 unspecified atom stereocenters. The number of anilines is 2. The Bertz CT molecular complexity index is 909. The molecule has 1 saturated carbocycles. The summed E-state index contributed by atoms with van der Waals surface area (Å²) >= 11 is 4.58. The van der Waals surface area contributed by atoms with E-state index in [1.165, 1.54) is 11.3 Å². The number of thiazole rings is 1. The maximum Gasteiger partial charge on any atom is 0.325 e. The first-order valence-electron chi connectivity index (χ1n) is 9.48. The smallest absolute Gasteiger partial charge is 0.325 e. The van der Waals surface area contributed by atoms with E-state index >= 15 is 0 Å². The van der Waals surface area contributed by atoms with Gasteiger partial charge in [-0.1, -0.05) is 30.2 Å². The van der Waals surface area contributed by atoms with Gasteiger partial charge in [-0.25, -0.2) is 9.78 Å². The Kier molecular flexibility index (Phi) is 7.38. The number of urea groups is 1. The summed E-state index contributed by atoms with van der Waals surface area (Å²) in [6.07, 6.45) is 5.43. The second-order valence-electron chi connectivity index (χ2n) is 6.76. The second kappa shape index (κ2) is 9.98. The lowest BCUT2D eigenvalue weighted by molar-refractivity contribution is -0.142. The molecule has 154 valence electrons. The molecule has 1 heterocycles. The van der Waals surface area contributed by atoms with E-state index in [-0.39, 0.29) is 24.1 Å². The normalized spacial score (nSPS) is 13.9. The Balaban J connectivity index is 1.80. The fraction of sp³-hybridized carbons (Fsp3) is 0.400. The van der Waals surface area contributed by atoms with Crippen LogP contribution < -0.4 is 10.6 Å². The largest absolute Gasteiger partial charge is 0.466 e. The SMILES string of the molecule is CCOC(=O)Cc1ccc(NC(=O)Nc2ncc(Br)s2)c(C(=O)C2CCCC2)c1. The predicted octanol–water partition coefficient (Wildman–Crippen LogP) is 5.03. The van der Waals surface area contributed by atoms with Crippen LogP contribution in [0, 0.1) is 5.92 Å². The van der Waals surface area contributed by atoms with E-state index in [0.717, 1.165) is 29.5 Å². The minimum atomic E-state index is -0.481. The number of nitrogens with zero attached hydrogens (tertiary/aromatic N) is 1. The molecular formula is C20H22BrN3O4S. The molecule has 0 radical (unpaired) electrons. The molecule has 3 rings (SSSR count). The molecule has 0 aliphatic heterocycles. The first kappa shape index (κ1) is 21.4. The number of hydrogen-bond donors (Lipinski definition) is 2. The van der Waals surface area contributed by atoms with Gasteiger partial charge in [-0.05, 0) is 53.4 Å². The van der Waals surface area contributed by atoms with Gasteiger partial charge in [-0.15, -0.1) is 0 Å². The van der Waals surface area contributed by atoms with E-state index < -0.39 is 6.03 Å². The Hall–Kier alpha value is -2.26. The summed E-state index contributed by atoms with van der Waals surface area (Å²) in [5.41, 5.74) is 1.52. The van der Waals surface area contributed by atoms with Crippen molar-refractivity contribution >= 4 is 55.9 Å². The predicted molar refractivity (Wildman–Crippen MR) is 116 cm³/mol. The summed E-state index contributed by atoms with van der Waals surface area (Å²) in [6.45, 7) is 2.05. The molecule has 0 saturated heterocycles. The van der Waals surface area contributed by atoms with Gasteiger partial charge in [0, 0.05) is 11.5 Å². The molecule has 2 amide bonds. The van der Waals surface area contributed by atoms with Crippen LogP contribution in [0.25, 0.3) is 0 Å². The van der Waals surface area contributed by atoms with Crippen LogP contribution in [0.3, 0.4) is 0 Å². The van der Waals surface area contributed by atoms with Crippen molar-refractivity contribution in [3.8, 4) is 0 Å². The van der Waals surface area contributed by atoms with Crippen molar-refractivity contribution < 1.29 is 19.1 Å². The fourth-order valence-corrected chi connectivity index (χ4v) is 4.47. The zero-order chi connectivity index (χ0) is 20.8. The lowest BCUT2D eigenvalue weighted by atomic mass is 9.93. The standard InChI is InChI=1S/C20H22BrN3O4S/c1-2-28-17(25)10-12-7-8-15(14(9-12)18(26)13-5-3-4-6-13)23-19(27)24-20-22-11-16(21)29-20/h7-9,11,13H,2-6,10H2,1H3,(H2,22,23,24,27). The number of nitrogens with one attached hydrogen (secondary N) is 2. The van der Waals surface area contributed by atoms with E-state index in [1.807, 2.05) is 0 Å². The van der Waals surface area contributed by atoms with Gasteiger partial charge in [0.2, 0.25) is 0 Å². The van der Waals surface area contributed by atoms with Crippen LogP contribution >= 0.6 is 27.3 Å². The van der Waals surface area contributed by atoms with Crippen molar-refractivity contribution in [1.29, 1.82) is 0 Å². The van der Waals surface area contributed by atoms with Crippen LogP contribution in [0.1, 0.15) is 48.5 Å². The van der Waals surface area contributed by atoms with Crippen molar-refractivity contribution in [2.45, 2.75) is 39.0 Å². The van der Waals surface area contributed by atoms with Crippen molar-refractivity contribution in [2.75, 3.05) is 17.2 Å². The number of carbonyl (C=O) groups is 3. The van der Waals surface area contributed by atoms with Crippen LogP contribution in [-0.2, 0) is 16.0 Å². The highest BCUT2D eigenvalue weighted by Gasteiger charge is 2.26. The number of ketones is 1. The number of Topliss-reactive ketones (excluding diaryl/α,β-unsaturated/α-hetero) is 1. The summed E-state index contributed by atoms with van der Waals surface area (Å²) in [5.74, 6) is -0.397. The molecule has 29 heavy (non-hydrogen) atoms. The lowest BCUT2D eigenvalue weighted by Gasteiger charge is -2.15. The molecule has 7 nitrogen and oxygen atoms in total. The maximum atomic E-state index is 13.1. The third-order valence-electron chi connectivity index (χ3n) is 4.68. The van der Waals surface area contributed by atoms with Gasteiger partial charge >= 0.3 is 12.0 Å². The highest BCUT2D eigenvalue weighted by atomic mass is 79.9. The summed E-state index contributed by atoms with van der Waals surface area (Å²) in [7, 11) is 0. The Labute approximate surface area is 181 Å². The maximum absolute atomic E-state index is 13.1. The molecule has 1 aromatic carbocycles. The summed E-state index contributed by atoms with van der Waals surface area (Å²) in [4.78, 5) is 41.3. The molecule has 2 aromatic rings. The molecule has 9 heteroatoms. The van der Waals surface area contributed by atoms with Gasteiger partial charge in [0.25, 0.3) is 0 Å². The van der Waals surface area contributed by atoms with E-state index in [4.69, 9.17) is 4.74 Å². The molecule has 0 atom stereocenters. The number of halogens is 1. The number of esters is 1. The molecule has 0 spiro atoms. The summed E-state index contributed by atoms with van der Waals surface area (Å²) in [5, 5.41) is 5.84. The molecule has 1 aliphatic carbocycles. The lowest BCUT2D eigenvalue weighted by Crippen LogP contribution is -2.22. The number of ether oxygens (including phenoxy) is 1. The Morgan fingerprint density at radius 1 is 1.24 bits per heavy atom. The van der Waals surface area contributed by atoms with E-state index in [1.54, 1.807) is 31.3 Å². The monoisotopic (exact) mass is 479 g/mol. The summed E-state index contributed by atoms with van der Waals surface area (Å²) in [6, 6.07) is 4.59. The third kappa shape index (κ3) is 5.86. The first-order chi connectivity index (χ1) is 14.0. The number of carbonyl (C=O) groups excluding carboxylic acids is 3. The van der Waals surface area contributed by atoms with Crippen molar-refractivity contribution in [2.24, 2.45) is 5.92 Å². The number of amides is 2. The average molecular weight is 480 g/mol. The van der Waals surface area contributed by atoms with Crippen molar-refractivity contribution in [3.63, 3.8) is 0 Å². The van der Waals surface area contributed by atoms with Crippen LogP contribution in [0.5, 0.6) is 0 Å². The van der Waals surface area contributed by atoms with Gasteiger partial charge in [-0.3, -0.25) is 14.9 Å². The zero-order valence-electron chi connectivity index (χ0n) is 16.0. The van der Waals surface area contributed by atoms with Crippen LogP contribution in [0.4, 0.5) is 15.6 Å². The Morgan fingerprint density at radius 2 is 2.00 bits per heavy atom. The highest BCUT2D eigenvalue weighted by molar-refractivity contribution is 9.11. The fourth-order valence-electron chi connectivity index (χ4n) is 3.36. The first-order valence-corrected chi connectivity index (χ1v) is 11.1. The van der Waals surface area contributed by atoms with Gasteiger partial charge < -0.3 is 10.1 Å². The quantitative estimate of drug-likeness (QED) is 0.428. The van der Waals surface area contributed by atoms with Crippen LogP contribution in [0.2, 0.25) is 0 Å². The van der Waals surface area contributed by atoms with Gasteiger partial charge in [0.05, 0.1) is 28.7 Å². The van der Waals surface area contributed by atoms with Crippen molar-refractivity contribution in [3.05, 3.63) is 39.3 Å². The Morgan fingerprint density at radius 3 is 2.66 bits per heavy atom. The average Bonchev–Trinajstić information content (AvgIpc) is 3.34. The number of rotatable bonds is 7. The molecule has 0 bridgehead atoms. The van der Waals surface area contributed by atoms with Crippen LogP contribution in [0.15, 0.2) is 28.2 Å². The van der Waals surface area contributed by atoms with Gasteiger partial charge in [-0.2, -0.15) is 0 Å². The van der Waals surface area contributed by atoms with E-state index in [2.05, 4.69) is 31.5 Å². The second-order valence-corrected chi connectivity index (χ2v) is 9.17.